The summed E-state index contributed by atoms with van der Waals surface area (Å²) in [6.07, 6.45) is 1.63. The molecule has 0 atom stereocenters. The fourth-order valence-electron chi connectivity index (χ4n) is 1.74. The fraction of sp³-hybridized carbons (Fsp3) is 0.500. The third-order valence-corrected chi connectivity index (χ3v) is 2.49. The van der Waals surface area contributed by atoms with Gasteiger partial charge in [0.05, 0.1) is 11.9 Å². The molecule has 15 heavy (non-hydrogen) atoms. The van der Waals surface area contributed by atoms with Crippen molar-refractivity contribution in [3.05, 3.63) is 18.0 Å². The fourth-order valence-corrected chi connectivity index (χ4v) is 1.74. The lowest BCUT2D eigenvalue weighted by Gasteiger charge is -2.29. The molecular formula is C10H14N4O. The zero-order valence-corrected chi connectivity index (χ0v) is 8.73. The summed E-state index contributed by atoms with van der Waals surface area (Å²) >= 11 is 0. The van der Waals surface area contributed by atoms with Crippen molar-refractivity contribution in [3.8, 4) is 0 Å². The average molecular weight is 206 g/mol. The van der Waals surface area contributed by atoms with E-state index in [0.29, 0.717) is 5.69 Å². The number of aromatic nitrogens is 2. The van der Waals surface area contributed by atoms with Gasteiger partial charge < -0.3 is 10.2 Å². The number of nitrogens with zero attached hydrogens (tertiary/aromatic N) is 3. The Morgan fingerprint density at radius 1 is 1.47 bits per heavy atom. The monoisotopic (exact) mass is 206 g/mol. The van der Waals surface area contributed by atoms with Crippen molar-refractivity contribution in [2.24, 2.45) is 0 Å². The summed E-state index contributed by atoms with van der Waals surface area (Å²) in [4.78, 5) is 13.5. The minimum absolute atomic E-state index is 0.0309. The maximum atomic E-state index is 11.4. The first-order chi connectivity index (χ1) is 7.29. The number of rotatable bonds is 2. The molecule has 2 heterocycles. The highest BCUT2D eigenvalue weighted by Crippen LogP contribution is 2.17. The molecule has 0 bridgehead atoms. The Labute approximate surface area is 88.5 Å². The molecule has 1 aromatic heterocycles. The number of anilines is 1. The summed E-state index contributed by atoms with van der Waals surface area (Å²) in [5.41, 5.74) is 1.37. The van der Waals surface area contributed by atoms with Crippen LogP contribution in [-0.2, 0) is 0 Å². The number of ketones is 1. The largest absolute Gasteiger partial charge is 0.367 e. The molecule has 0 unspecified atom stereocenters. The molecule has 0 aromatic carbocycles. The number of hydrogen-bond acceptors (Lipinski definition) is 5. The molecule has 5 nitrogen and oxygen atoms in total. The van der Waals surface area contributed by atoms with Gasteiger partial charge in [0.15, 0.2) is 11.5 Å². The van der Waals surface area contributed by atoms with Crippen molar-refractivity contribution >= 4 is 11.5 Å². The van der Waals surface area contributed by atoms with Crippen molar-refractivity contribution < 1.29 is 4.79 Å². The average Bonchev–Trinajstić information content (AvgIpc) is 2.30. The van der Waals surface area contributed by atoms with E-state index in [2.05, 4.69) is 20.4 Å². The molecule has 2 rings (SSSR count). The molecule has 1 aromatic rings. The number of carbonyl (C=O) groups excluding carboxylic acids is 1. The predicted molar refractivity (Wildman–Crippen MR) is 57.1 cm³/mol. The molecule has 1 aliphatic rings. The molecular weight excluding hydrogens is 192 g/mol. The first kappa shape index (κ1) is 10.0. The van der Waals surface area contributed by atoms with Crippen LogP contribution in [0.2, 0.25) is 0 Å². The molecule has 0 amide bonds. The lowest BCUT2D eigenvalue weighted by molar-refractivity contribution is 0.101. The number of Topliss-reactive ketones (excluding diaryl/α,β-unsaturated/α-hetero) is 1. The van der Waals surface area contributed by atoms with Gasteiger partial charge in [-0.05, 0) is 6.07 Å². The van der Waals surface area contributed by atoms with Crippen LogP contribution < -0.4 is 10.2 Å². The predicted octanol–water partition coefficient (Wildman–Crippen LogP) is 0.0888. The molecule has 1 fully saturated rings. The van der Waals surface area contributed by atoms with Gasteiger partial charge in [-0.3, -0.25) is 4.79 Å². The van der Waals surface area contributed by atoms with Crippen LogP contribution in [0, 0.1) is 0 Å². The van der Waals surface area contributed by atoms with Crippen LogP contribution in [0.3, 0.4) is 0 Å². The number of nitrogens with one attached hydrogen (secondary N) is 1. The standard InChI is InChI=1S/C10H14N4O/c1-8(15)10-9(2-3-12-13-10)14-6-4-11-5-7-14/h2-3,11H,4-7H2,1H3. The van der Waals surface area contributed by atoms with Gasteiger partial charge in [0, 0.05) is 33.1 Å². The summed E-state index contributed by atoms with van der Waals surface area (Å²) < 4.78 is 0. The summed E-state index contributed by atoms with van der Waals surface area (Å²) in [5.74, 6) is -0.0309. The van der Waals surface area contributed by atoms with Crippen molar-refractivity contribution in [1.82, 2.24) is 15.5 Å². The number of carbonyl (C=O) groups is 1. The Hall–Kier alpha value is -1.49. The SMILES string of the molecule is CC(=O)c1nnccc1N1CCNCC1. The van der Waals surface area contributed by atoms with E-state index in [1.165, 1.54) is 6.92 Å². The van der Waals surface area contributed by atoms with E-state index in [1.807, 2.05) is 6.07 Å². The zero-order chi connectivity index (χ0) is 10.7. The molecule has 1 N–H and O–H groups in total. The highest BCUT2D eigenvalue weighted by atomic mass is 16.1. The Bertz CT molecular complexity index is 360. The van der Waals surface area contributed by atoms with E-state index >= 15 is 0 Å². The van der Waals surface area contributed by atoms with Gasteiger partial charge in [0.2, 0.25) is 0 Å². The minimum atomic E-state index is -0.0309. The van der Waals surface area contributed by atoms with Crippen LogP contribution in [0.25, 0.3) is 0 Å². The number of hydrogen-bond donors (Lipinski definition) is 1. The van der Waals surface area contributed by atoms with E-state index in [4.69, 9.17) is 0 Å². The quantitative estimate of drug-likeness (QED) is 0.695. The van der Waals surface area contributed by atoms with Gasteiger partial charge in [0.1, 0.15) is 0 Å². The van der Waals surface area contributed by atoms with Crippen molar-refractivity contribution in [3.63, 3.8) is 0 Å². The summed E-state index contributed by atoms with van der Waals surface area (Å²) in [6, 6.07) is 1.86. The first-order valence-electron chi connectivity index (χ1n) is 5.07. The number of piperazine rings is 1. The topological polar surface area (TPSA) is 58.1 Å². The molecule has 0 saturated carbocycles. The second-order valence-corrected chi connectivity index (χ2v) is 3.56. The molecule has 1 saturated heterocycles. The second kappa shape index (κ2) is 4.35. The van der Waals surface area contributed by atoms with Gasteiger partial charge in [-0.1, -0.05) is 0 Å². The molecule has 1 aliphatic heterocycles. The van der Waals surface area contributed by atoms with E-state index in [0.717, 1.165) is 31.9 Å². The molecule has 80 valence electrons. The smallest absolute Gasteiger partial charge is 0.182 e. The lowest BCUT2D eigenvalue weighted by atomic mass is 10.2. The van der Waals surface area contributed by atoms with E-state index in [1.54, 1.807) is 6.20 Å². The van der Waals surface area contributed by atoms with Crippen LogP contribution in [0.15, 0.2) is 12.3 Å². The zero-order valence-electron chi connectivity index (χ0n) is 8.73. The van der Waals surface area contributed by atoms with Crippen LogP contribution in [0.5, 0.6) is 0 Å². The highest BCUT2D eigenvalue weighted by molar-refractivity contribution is 5.97. The van der Waals surface area contributed by atoms with E-state index in [-0.39, 0.29) is 5.78 Å². The summed E-state index contributed by atoms with van der Waals surface area (Å²) in [5, 5.41) is 10.9. The summed E-state index contributed by atoms with van der Waals surface area (Å²) in [6.45, 7) is 5.23. The highest BCUT2D eigenvalue weighted by Gasteiger charge is 2.17. The van der Waals surface area contributed by atoms with Crippen LogP contribution in [0.1, 0.15) is 17.4 Å². The third-order valence-electron chi connectivity index (χ3n) is 2.49. The Kier molecular flexibility index (Phi) is 2.91. The van der Waals surface area contributed by atoms with Crippen LogP contribution in [0.4, 0.5) is 5.69 Å². The van der Waals surface area contributed by atoms with Gasteiger partial charge in [0.25, 0.3) is 0 Å². The summed E-state index contributed by atoms with van der Waals surface area (Å²) in [7, 11) is 0. The maximum Gasteiger partial charge on any atom is 0.182 e. The van der Waals surface area contributed by atoms with Crippen molar-refractivity contribution in [1.29, 1.82) is 0 Å². The van der Waals surface area contributed by atoms with Gasteiger partial charge in [-0.25, -0.2) is 0 Å². The Balaban J connectivity index is 2.29. The van der Waals surface area contributed by atoms with E-state index in [9.17, 15) is 4.79 Å². The lowest BCUT2D eigenvalue weighted by Crippen LogP contribution is -2.44. The third kappa shape index (κ3) is 2.12. The van der Waals surface area contributed by atoms with Crippen molar-refractivity contribution in [2.75, 3.05) is 31.1 Å². The molecule has 0 spiro atoms. The van der Waals surface area contributed by atoms with Crippen LogP contribution >= 0.6 is 0 Å². The molecule has 0 radical (unpaired) electrons. The second-order valence-electron chi connectivity index (χ2n) is 3.56. The molecule has 5 heteroatoms. The molecule has 0 aliphatic carbocycles. The van der Waals surface area contributed by atoms with Crippen molar-refractivity contribution in [2.45, 2.75) is 6.92 Å². The van der Waals surface area contributed by atoms with Gasteiger partial charge in [-0.15, -0.1) is 5.10 Å². The van der Waals surface area contributed by atoms with E-state index < -0.39 is 0 Å². The minimum Gasteiger partial charge on any atom is -0.367 e. The normalized spacial score (nSPS) is 16.5. The van der Waals surface area contributed by atoms with Gasteiger partial charge >= 0.3 is 0 Å². The van der Waals surface area contributed by atoms with Gasteiger partial charge in [-0.2, -0.15) is 5.10 Å². The van der Waals surface area contributed by atoms with Crippen LogP contribution in [-0.4, -0.2) is 42.2 Å². The first-order valence-corrected chi connectivity index (χ1v) is 5.07. The Morgan fingerprint density at radius 3 is 2.87 bits per heavy atom. The maximum absolute atomic E-state index is 11.4. The Morgan fingerprint density at radius 2 is 2.20 bits per heavy atom.